The average Bonchev–Trinajstić information content (AvgIpc) is 2.73. The number of aldehydes is 1. The van der Waals surface area contributed by atoms with E-state index in [1.807, 2.05) is 0 Å². The summed E-state index contributed by atoms with van der Waals surface area (Å²) >= 11 is 0. The van der Waals surface area contributed by atoms with Crippen LogP contribution in [0.5, 0.6) is 0 Å². The van der Waals surface area contributed by atoms with Crippen LogP contribution in [0, 0.1) is 0 Å². The third kappa shape index (κ3) is 4.66. The van der Waals surface area contributed by atoms with Crippen molar-refractivity contribution in [2.75, 3.05) is 7.05 Å². The van der Waals surface area contributed by atoms with Crippen molar-refractivity contribution in [2.45, 2.75) is 49.9 Å². The molecule has 1 fully saturated rings. The molecule has 140 valence electrons. The number of imide groups is 1. The number of carboxylic acid groups (broad SMARTS) is 1. The highest BCUT2D eigenvalue weighted by Crippen LogP contribution is 2.23. The molecular weight excluding hydrogens is 336 g/mol. The second kappa shape index (κ2) is 8.25. The van der Waals surface area contributed by atoms with E-state index in [4.69, 9.17) is 10.8 Å². The highest BCUT2D eigenvalue weighted by atomic mass is 16.4. The topological polar surface area (TPSA) is 179 Å². The number of nitrogens with one attached hydrogen (secondary N) is 2. The van der Waals surface area contributed by atoms with Gasteiger partial charge in [0.05, 0.1) is 18.6 Å². The van der Waals surface area contributed by atoms with Gasteiger partial charge < -0.3 is 20.7 Å². The molecule has 0 aromatic heterocycles. The fourth-order valence-electron chi connectivity index (χ4n) is 2.35. The lowest BCUT2D eigenvalue weighted by Gasteiger charge is -2.27. The van der Waals surface area contributed by atoms with Gasteiger partial charge in [0.1, 0.15) is 12.3 Å². The fourth-order valence-corrected chi connectivity index (χ4v) is 2.35. The van der Waals surface area contributed by atoms with E-state index >= 15 is 0 Å². The number of rotatable bonds is 10. The number of hydrazine groups is 1. The van der Waals surface area contributed by atoms with Crippen molar-refractivity contribution in [1.29, 1.82) is 0 Å². The van der Waals surface area contributed by atoms with Gasteiger partial charge in [0.25, 0.3) is 5.91 Å². The standard InChI is InChI=1S/C14H22N4O7/c1-7(20)9(6-19)17-16-8(3-4-11(22)23)12(24)14(15)5-10(21)18(2)13(14)25/h6-9,16-17,20H,3-5,15H2,1-2H3,(H,22,23)/t7-,8+,9-,14?/m1/s1. The first-order valence-corrected chi connectivity index (χ1v) is 7.55. The van der Waals surface area contributed by atoms with Crippen LogP contribution in [0.1, 0.15) is 26.2 Å². The number of likely N-dealkylation sites (tertiary alicyclic amines) is 1. The van der Waals surface area contributed by atoms with Gasteiger partial charge in [-0.25, -0.2) is 10.9 Å². The summed E-state index contributed by atoms with van der Waals surface area (Å²) in [6, 6.07) is -2.33. The Kier molecular flexibility index (Phi) is 6.87. The van der Waals surface area contributed by atoms with Crippen molar-refractivity contribution >= 4 is 29.9 Å². The molecular formula is C14H22N4O7. The van der Waals surface area contributed by atoms with E-state index in [-0.39, 0.29) is 6.42 Å². The molecule has 0 aromatic rings. The van der Waals surface area contributed by atoms with Crippen molar-refractivity contribution in [3.05, 3.63) is 0 Å². The quantitative estimate of drug-likeness (QED) is 0.116. The lowest BCUT2D eigenvalue weighted by Crippen LogP contribution is -2.63. The molecule has 1 saturated heterocycles. The number of nitrogens with two attached hydrogens (primary N) is 1. The minimum Gasteiger partial charge on any atom is -0.481 e. The third-order valence-corrected chi connectivity index (χ3v) is 3.98. The minimum absolute atomic E-state index is 0.239. The Balaban J connectivity index is 2.96. The van der Waals surface area contributed by atoms with Crippen LogP contribution in [0.15, 0.2) is 0 Å². The monoisotopic (exact) mass is 358 g/mol. The van der Waals surface area contributed by atoms with Crippen molar-refractivity contribution in [3.63, 3.8) is 0 Å². The Morgan fingerprint density at radius 1 is 1.40 bits per heavy atom. The summed E-state index contributed by atoms with van der Waals surface area (Å²) in [6.45, 7) is 1.33. The van der Waals surface area contributed by atoms with Crippen molar-refractivity contribution < 1.29 is 34.2 Å². The van der Waals surface area contributed by atoms with E-state index in [1.54, 1.807) is 0 Å². The molecule has 1 unspecified atom stereocenters. The molecule has 0 spiro atoms. The third-order valence-electron chi connectivity index (χ3n) is 3.98. The van der Waals surface area contributed by atoms with E-state index in [1.165, 1.54) is 14.0 Å². The van der Waals surface area contributed by atoms with E-state index < -0.39 is 60.1 Å². The number of likely N-dealkylation sites (N-methyl/N-ethyl adjacent to an activating group) is 1. The molecule has 0 aliphatic carbocycles. The second-order valence-electron chi connectivity index (χ2n) is 5.95. The molecule has 25 heavy (non-hydrogen) atoms. The van der Waals surface area contributed by atoms with Crippen LogP contribution in [0.3, 0.4) is 0 Å². The van der Waals surface area contributed by atoms with E-state index in [0.717, 1.165) is 4.90 Å². The number of aliphatic carboxylic acids is 1. The smallest absolute Gasteiger partial charge is 0.303 e. The molecule has 0 aromatic carbocycles. The summed E-state index contributed by atoms with van der Waals surface area (Å²) in [6.07, 6.45) is -1.88. The highest BCUT2D eigenvalue weighted by molar-refractivity contribution is 6.22. The van der Waals surface area contributed by atoms with Gasteiger partial charge in [-0.15, -0.1) is 0 Å². The molecule has 1 aliphatic heterocycles. The van der Waals surface area contributed by atoms with Crippen LogP contribution in [0.2, 0.25) is 0 Å². The van der Waals surface area contributed by atoms with Gasteiger partial charge in [0.15, 0.2) is 11.3 Å². The molecule has 11 heteroatoms. The maximum atomic E-state index is 12.7. The van der Waals surface area contributed by atoms with Crippen molar-refractivity contribution in [1.82, 2.24) is 15.8 Å². The van der Waals surface area contributed by atoms with Crippen molar-refractivity contribution in [2.24, 2.45) is 5.73 Å². The minimum atomic E-state index is -2.11. The summed E-state index contributed by atoms with van der Waals surface area (Å²) in [7, 11) is 1.19. The number of carboxylic acids is 1. The number of nitrogens with zero attached hydrogens (tertiary/aromatic N) is 1. The largest absolute Gasteiger partial charge is 0.481 e. The van der Waals surface area contributed by atoms with Crippen molar-refractivity contribution in [3.8, 4) is 0 Å². The Bertz CT molecular complexity index is 580. The zero-order valence-corrected chi connectivity index (χ0v) is 13.9. The second-order valence-corrected chi connectivity index (χ2v) is 5.95. The normalized spacial score (nSPS) is 24.1. The molecule has 2 amide bonds. The molecule has 1 rings (SSSR count). The molecule has 4 atom stereocenters. The zero-order valence-electron chi connectivity index (χ0n) is 13.9. The van der Waals surface area contributed by atoms with Gasteiger partial charge in [0.2, 0.25) is 5.91 Å². The van der Waals surface area contributed by atoms with Crippen LogP contribution < -0.4 is 16.6 Å². The number of hydrogen-bond donors (Lipinski definition) is 5. The molecule has 1 heterocycles. The lowest BCUT2D eigenvalue weighted by molar-refractivity contribution is -0.141. The Hall–Kier alpha value is -2.21. The van der Waals surface area contributed by atoms with Crippen LogP contribution >= 0.6 is 0 Å². The first-order valence-electron chi connectivity index (χ1n) is 7.55. The maximum Gasteiger partial charge on any atom is 0.303 e. The van der Waals surface area contributed by atoms with Gasteiger partial charge in [0, 0.05) is 13.5 Å². The van der Waals surface area contributed by atoms with Crippen LogP contribution in [0.25, 0.3) is 0 Å². The molecule has 6 N–H and O–H groups in total. The number of carbonyl (C=O) groups is 5. The molecule has 11 nitrogen and oxygen atoms in total. The summed E-state index contributed by atoms with van der Waals surface area (Å²) in [4.78, 5) is 58.9. The van der Waals surface area contributed by atoms with E-state index in [9.17, 15) is 29.1 Å². The number of aliphatic hydroxyl groups excluding tert-OH is 1. The SMILES string of the molecule is C[C@@H](O)[C@@H](C=O)NN[C@@H](CCC(=O)O)C(=O)C1(N)CC(=O)N(C)C1=O. The van der Waals surface area contributed by atoms with Crippen LogP contribution in [-0.4, -0.2) is 75.7 Å². The number of carbonyl (C=O) groups excluding carboxylic acids is 4. The van der Waals surface area contributed by atoms with Gasteiger partial charge in [-0.3, -0.25) is 24.1 Å². The molecule has 0 saturated carbocycles. The maximum absolute atomic E-state index is 12.7. The Morgan fingerprint density at radius 2 is 2.00 bits per heavy atom. The van der Waals surface area contributed by atoms with Gasteiger partial charge in [-0.1, -0.05) is 0 Å². The first kappa shape index (κ1) is 20.8. The summed E-state index contributed by atoms with van der Waals surface area (Å²) < 4.78 is 0. The molecule has 0 bridgehead atoms. The Labute approximate surface area is 143 Å². The van der Waals surface area contributed by atoms with Gasteiger partial charge >= 0.3 is 5.97 Å². The number of amides is 2. The predicted molar refractivity (Wildman–Crippen MR) is 82.8 cm³/mol. The van der Waals surface area contributed by atoms with Gasteiger partial charge in [-0.2, -0.15) is 0 Å². The number of Topliss-reactive ketones (excluding diaryl/α,β-unsaturated/α-hetero) is 1. The summed E-state index contributed by atoms with van der Waals surface area (Å²) in [5.74, 6) is -3.56. The summed E-state index contributed by atoms with van der Waals surface area (Å²) in [5.41, 5.74) is 8.58. The predicted octanol–water partition coefficient (Wildman–Crippen LogP) is -3.08. The average molecular weight is 358 g/mol. The number of ketones is 1. The van der Waals surface area contributed by atoms with Crippen LogP contribution in [0.4, 0.5) is 0 Å². The molecule has 0 radical (unpaired) electrons. The summed E-state index contributed by atoms with van der Waals surface area (Å²) in [5, 5.41) is 18.2. The highest BCUT2D eigenvalue weighted by Gasteiger charge is 2.54. The first-order chi connectivity index (χ1) is 11.5. The van der Waals surface area contributed by atoms with E-state index in [0.29, 0.717) is 6.29 Å². The fraction of sp³-hybridized carbons (Fsp3) is 0.643. The Morgan fingerprint density at radius 3 is 2.40 bits per heavy atom. The van der Waals surface area contributed by atoms with E-state index in [2.05, 4.69) is 10.9 Å². The number of aliphatic hydroxyl groups is 1. The zero-order chi connectivity index (χ0) is 19.4. The van der Waals surface area contributed by atoms with Gasteiger partial charge in [-0.05, 0) is 13.3 Å². The lowest BCUT2D eigenvalue weighted by atomic mass is 9.87. The molecule has 1 aliphatic rings. The van der Waals surface area contributed by atoms with Crippen LogP contribution in [-0.2, 0) is 24.0 Å². The number of hydrogen-bond acceptors (Lipinski definition) is 9.